The zero-order chi connectivity index (χ0) is 11.4. The molecular weight excluding hydrogens is 254 g/mol. The molecule has 1 aromatic carbocycles. The maximum absolute atomic E-state index is 11.0. The molecule has 0 saturated heterocycles. The highest BCUT2D eigenvalue weighted by Crippen LogP contribution is 2.17. The van der Waals surface area contributed by atoms with E-state index in [1.165, 1.54) is 6.92 Å². The topological polar surface area (TPSA) is 20.3 Å². The van der Waals surface area contributed by atoms with Crippen molar-refractivity contribution in [3.8, 4) is 0 Å². The fourth-order valence-corrected chi connectivity index (χ4v) is 1.38. The highest BCUT2D eigenvalue weighted by Gasteiger charge is 1.99. The zero-order valence-corrected chi connectivity index (χ0v) is 10.7. The molecule has 1 rings (SSSR count). The van der Waals surface area contributed by atoms with Gasteiger partial charge in [0.2, 0.25) is 0 Å². The van der Waals surface area contributed by atoms with Gasteiger partial charge in [0.1, 0.15) is 0 Å². The third-order valence-corrected chi connectivity index (χ3v) is 2.83. The number of carbonyl (C=O) groups excluding carboxylic acids is 1. The van der Waals surface area contributed by atoms with Gasteiger partial charge in [-0.1, -0.05) is 12.1 Å². The molecule has 1 aromatic rings. The number of anilines is 1. The van der Waals surface area contributed by atoms with Crippen molar-refractivity contribution in [2.24, 2.45) is 0 Å². The first-order chi connectivity index (χ1) is 7.00. The SMILES string of the molecule is CC(=O)/C(Br)=C/c1ccc(N(C)C)cc1. The number of carbonyl (C=O) groups is 1. The second-order valence-corrected chi connectivity index (χ2v) is 4.39. The van der Waals surface area contributed by atoms with Crippen molar-refractivity contribution in [2.75, 3.05) is 19.0 Å². The highest BCUT2D eigenvalue weighted by atomic mass is 79.9. The largest absolute Gasteiger partial charge is 0.378 e. The lowest BCUT2D eigenvalue weighted by molar-refractivity contribution is -0.112. The molecule has 0 aliphatic heterocycles. The minimum Gasteiger partial charge on any atom is -0.378 e. The second kappa shape index (κ2) is 5.12. The Morgan fingerprint density at radius 1 is 1.27 bits per heavy atom. The van der Waals surface area contributed by atoms with Crippen LogP contribution in [-0.4, -0.2) is 19.9 Å². The van der Waals surface area contributed by atoms with Gasteiger partial charge in [0.25, 0.3) is 0 Å². The van der Waals surface area contributed by atoms with Crippen molar-refractivity contribution < 1.29 is 4.79 Å². The van der Waals surface area contributed by atoms with Crippen molar-refractivity contribution >= 4 is 33.5 Å². The van der Waals surface area contributed by atoms with Crippen molar-refractivity contribution in [3.05, 3.63) is 34.3 Å². The lowest BCUT2D eigenvalue weighted by Gasteiger charge is -2.11. The molecule has 0 saturated carbocycles. The monoisotopic (exact) mass is 267 g/mol. The molecule has 0 aliphatic carbocycles. The number of rotatable bonds is 3. The molecule has 0 unspecified atom stereocenters. The van der Waals surface area contributed by atoms with Crippen LogP contribution in [0.4, 0.5) is 5.69 Å². The van der Waals surface area contributed by atoms with Gasteiger partial charge < -0.3 is 4.90 Å². The van der Waals surface area contributed by atoms with E-state index in [1.54, 1.807) is 0 Å². The molecule has 0 amide bonds. The van der Waals surface area contributed by atoms with E-state index in [-0.39, 0.29) is 5.78 Å². The molecule has 0 aliphatic rings. The molecule has 0 aromatic heterocycles. The number of ketones is 1. The van der Waals surface area contributed by atoms with Gasteiger partial charge in [0.15, 0.2) is 5.78 Å². The number of Topliss-reactive ketones (excluding diaryl/α,β-unsaturated/α-hetero) is 1. The Labute approximate surface area is 98.7 Å². The molecule has 0 spiro atoms. The Morgan fingerprint density at radius 3 is 2.20 bits per heavy atom. The van der Waals surface area contributed by atoms with Gasteiger partial charge in [0.05, 0.1) is 4.48 Å². The van der Waals surface area contributed by atoms with Gasteiger partial charge in [-0.15, -0.1) is 0 Å². The third kappa shape index (κ3) is 3.51. The van der Waals surface area contributed by atoms with E-state index in [0.29, 0.717) is 4.48 Å². The summed E-state index contributed by atoms with van der Waals surface area (Å²) in [6, 6.07) is 8.01. The number of nitrogens with zero attached hydrogens (tertiary/aromatic N) is 1. The van der Waals surface area contributed by atoms with Crippen LogP contribution in [0.1, 0.15) is 12.5 Å². The van der Waals surface area contributed by atoms with Crippen LogP contribution < -0.4 is 4.90 Å². The van der Waals surface area contributed by atoms with Crippen LogP contribution in [0.3, 0.4) is 0 Å². The van der Waals surface area contributed by atoms with Crippen molar-refractivity contribution in [3.63, 3.8) is 0 Å². The first-order valence-electron chi connectivity index (χ1n) is 4.66. The van der Waals surface area contributed by atoms with Crippen molar-refractivity contribution in [1.82, 2.24) is 0 Å². The van der Waals surface area contributed by atoms with Crippen LogP contribution in [0, 0.1) is 0 Å². The number of halogens is 1. The van der Waals surface area contributed by atoms with Gasteiger partial charge >= 0.3 is 0 Å². The van der Waals surface area contributed by atoms with Crippen LogP contribution in [0.2, 0.25) is 0 Å². The predicted octanol–water partition coefficient (Wildman–Crippen LogP) is 3.08. The molecule has 0 bridgehead atoms. The average Bonchev–Trinajstić information content (AvgIpc) is 2.18. The van der Waals surface area contributed by atoms with Crippen molar-refractivity contribution in [2.45, 2.75) is 6.92 Å². The minimum absolute atomic E-state index is 0.0340. The standard InChI is InChI=1S/C12H14BrNO/c1-9(15)12(13)8-10-4-6-11(7-5-10)14(2)3/h4-8H,1-3H3/b12-8-. The summed E-state index contributed by atoms with van der Waals surface area (Å²) in [5, 5.41) is 0. The number of benzene rings is 1. The van der Waals surface area contributed by atoms with E-state index in [2.05, 4.69) is 15.9 Å². The Bertz CT molecular complexity index is 379. The first-order valence-corrected chi connectivity index (χ1v) is 5.45. The van der Waals surface area contributed by atoms with Crippen LogP contribution in [0.25, 0.3) is 6.08 Å². The summed E-state index contributed by atoms with van der Waals surface area (Å²) in [6.07, 6.45) is 1.82. The second-order valence-electron chi connectivity index (χ2n) is 3.53. The maximum Gasteiger partial charge on any atom is 0.166 e. The molecule has 0 radical (unpaired) electrons. The fourth-order valence-electron chi connectivity index (χ4n) is 1.12. The van der Waals surface area contributed by atoms with E-state index in [9.17, 15) is 4.79 Å². The predicted molar refractivity (Wildman–Crippen MR) is 68.4 cm³/mol. The molecule has 15 heavy (non-hydrogen) atoms. The maximum atomic E-state index is 11.0. The molecule has 0 heterocycles. The molecule has 2 nitrogen and oxygen atoms in total. The lowest BCUT2D eigenvalue weighted by atomic mass is 10.2. The van der Waals surface area contributed by atoms with Gasteiger partial charge in [-0.3, -0.25) is 4.79 Å². The van der Waals surface area contributed by atoms with Gasteiger partial charge in [-0.2, -0.15) is 0 Å². The molecular formula is C12H14BrNO. The van der Waals surface area contributed by atoms with Crippen LogP contribution in [-0.2, 0) is 4.79 Å². The quantitative estimate of drug-likeness (QED) is 0.785. The normalized spacial score (nSPS) is 11.3. The molecule has 3 heteroatoms. The minimum atomic E-state index is 0.0340. The Hall–Kier alpha value is -1.09. The molecule has 0 atom stereocenters. The average molecular weight is 268 g/mol. The fraction of sp³-hybridized carbons (Fsp3) is 0.250. The summed E-state index contributed by atoms with van der Waals surface area (Å²) in [6.45, 7) is 1.54. The number of hydrogen-bond donors (Lipinski definition) is 0. The highest BCUT2D eigenvalue weighted by molar-refractivity contribution is 9.12. The number of allylic oxidation sites excluding steroid dienone is 1. The van der Waals surface area contributed by atoms with Crippen LogP contribution in [0.15, 0.2) is 28.7 Å². The van der Waals surface area contributed by atoms with E-state index < -0.39 is 0 Å². The summed E-state index contributed by atoms with van der Waals surface area (Å²) in [7, 11) is 3.99. The van der Waals surface area contributed by atoms with Crippen LogP contribution >= 0.6 is 15.9 Å². The zero-order valence-electron chi connectivity index (χ0n) is 9.12. The summed E-state index contributed by atoms with van der Waals surface area (Å²) < 4.78 is 0.597. The van der Waals surface area contributed by atoms with Crippen LogP contribution in [0.5, 0.6) is 0 Å². The summed E-state index contributed by atoms with van der Waals surface area (Å²) in [5.41, 5.74) is 2.16. The molecule has 0 fully saturated rings. The van der Waals surface area contributed by atoms with Gasteiger partial charge in [0, 0.05) is 19.8 Å². The number of hydrogen-bond acceptors (Lipinski definition) is 2. The smallest absolute Gasteiger partial charge is 0.166 e. The molecule has 80 valence electrons. The lowest BCUT2D eigenvalue weighted by Crippen LogP contribution is -2.07. The van der Waals surface area contributed by atoms with E-state index >= 15 is 0 Å². The van der Waals surface area contributed by atoms with E-state index in [1.807, 2.05) is 49.3 Å². The summed E-state index contributed by atoms with van der Waals surface area (Å²) in [5.74, 6) is 0.0340. The summed E-state index contributed by atoms with van der Waals surface area (Å²) >= 11 is 3.23. The summed E-state index contributed by atoms with van der Waals surface area (Å²) in [4.78, 5) is 13.0. The van der Waals surface area contributed by atoms with E-state index in [4.69, 9.17) is 0 Å². The Balaban J connectivity index is 2.90. The molecule has 0 N–H and O–H groups in total. The van der Waals surface area contributed by atoms with Gasteiger partial charge in [-0.05, 0) is 46.6 Å². The van der Waals surface area contributed by atoms with Crippen molar-refractivity contribution in [1.29, 1.82) is 0 Å². The Morgan fingerprint density at radius 2 is 1.80 bits per heavy atom. The van der Waals surface area contributed by atoms with E-state index in [0.717, 1.165) is 11.3 Å². The third-order valence-electron chi connectivity index (χ3n) is 2.04. The first kappa shape index (κ1) is 12.0. The van der Waals surface area contributed by atoms with Gasteiger partial charge in [-0.25, -0.2) is 0 Å². The Kier molecular flexibility index (Phi) is 4.09.